The number of anilines is 2. The summed E-state index contributed by atoms with van der Waals surface area (Å²) in [6, 6.07) is 7.98. The molecule has 0 saturated heterocycles. The van der Waals surface area contributed by atoms with Crippen LogP contribution in [0.1, 0.15) is 31.1 Å². The van der Waals surface area contributed by atoms with Crippen LogP contribution < -0.4 is 10.6 Å². The minimum Gasteiger partial charge on any atom is -0.352 e. The first-order chi connectivity index (χ1) is 9.85. The number of carbonyl (C=O) groups excluding carboxylic acids is 1. The fourth-order valence-electron chi connectivity index (χ4n) is 1.76. The minimum absolute atomic E-state index is 0.216. The van der Waals surface area contributed by atoms with Crippen LogP contribution in [0.4, 0.5) is 15.8 Å². The van der Waals surface area contributed by atoms with Crippen molar-refractivity contribution in [2.24, 2.45) is 0 Å². The molecule has 1 heterocycles. The molecule has 0 atom stereocenters. The summed E-state index contributed by atoms with van der Waals surface area (Å²) in [5, 5.41) is 5.77. The Morgan fingerprint density at radius 1 is 1.19 bits per heavy atom. The largest absolute Gasteiger partial charge is 0.352 e. The third kappa shape index (κ3) is 4.27. The first-order valence-electron chi connectivity index (χ1n) is 6.64. The highest BCUT2D eigenvalue weighted by Crippen LogP contribution is 2.19. The van der Waals surface area contributed by atoms with Crippen molar-refractivity contribution >= 4 is 17.3 Å². The van der Waals surface area contributed by atoms with Crippen molar-refractivity contribution in [1.82, 2.24) is 10.3 Å². The lowest BCUT2D eigenvalue weighted by Gasteiger charge is -2.20. The summed E-state index contributed by atoms with van der Waals surface area (Å²) < 4.78 is 13.6. The van der Waals surface area contributed by atoms with Crippen LogP contribution in [0.2, 0.25) is 0 Å². The average Bonchev–Trinajstić information content (AvgIpc) is 2.40. The van der Waals surface area contributed by atoms with Gasteiger partial charge in [0.1, 0.15) is 5.82 Å². The molecule has 2 aromatic rings. The quantitative estimate of drug-likeness (QED) is 0.908. The maximum atomic E-state index is 13.6. The third-order valence-corrected chi connectivity index (χ3v) is 2.64. The molecule has 1 amide bonds. The molecule has 0 aliphatic heterocycles. The minimum atomic E-state index is -0.359. The molecule has 5 heteroatoms. The number of amides is 1. The maximum absolute atomic E-state index is 13.6. The van der Waals surface area contributed by atoms with Crippen LogP contribution in [-0.2, 0) is 0 Å². The first kappa shape index (κ1) is 15.0. The van der Waals surface area contributed by atoms with E-state index in [0.717, 1.165) is 0 Å². The fraction of sp³-hybridized carbons (Fsp3) is 0.250. The SMILES string of the molecule is CC(C)(C)NC(=O)c1cncc(Nc2ccccc2F)c1. The molecule has 0 spiro atoms. The molecule has 21 heavy (non-hydrogen) atoms. The van der Waals surface area contributed by atoms with Gasteiger partial charge in [0.25, 0.3) is 5.91 Å². The number of carbonyl (C=O) groups is 1. The predicted molar refractivity (Wildman–Crippen MR) is 81.1 cm³/mol. The Kier molecular flexibility index (Phi) is 4.21. The normalized spacial score (nSPS) is 11.0. The highest BCUT2D eigenvalue weighted by Gasteiger charge is 2.15. The van der Waals surface area contributed by atoms with E-state index in [2.05, 4.69) is 15.6 Å². The van der Waals surface area contributed by atoms with Crippen LogP contribution in [-0.4, -0.2) is 16.4 Å². The Morgan fingerprint density at radius 2 is 1.90 bits per heavy atom. The molecule has 0 radical (unpaired) electrons. The lowest BCUT2D eigenvalue weighted by atomic mass is 10.1. The number of nitrogens with zero attached hydrogens (tertiary/aromatic N) is 1. The third-order valence-electron chi connectivity index (χ3n) is 2.64. The molecule has 2 N–H and O–H groups in total. The van der Waals surface area contributed by atoms with Gasteiger partial charge >= 0.3 is 0 Å². The number of para-hydroxylation sites is 1. The molecule has 110 valence electrons. The number of nitrogens with one attached hydrogen (secondary N) is 2. The van der Waals surface area contributed by atoms with Gasteiger partial charge in [-0.05, 0) is 39.0 Å². The van der Waals surface area contributed by atoms with Crippen LogP contribution in [0.5, 0.6) is 0 Å². The van der Waals surface area contributed by atoms with Crippen LogP contribution >= 0.6 is 0 Å². The van der Waals surface area contributed by atoms with Crippen molar-refractivity contribution in [3.8, 4) is 0 Å². The summed E-state index contributed by atoms with van der Waals surface area (Å²) in [6.07, 6.45) is 3.02. The summed E-state index contributed by atoms with van der Waals surface area (Å²) in [6.45, 7) is 5.71. The van der Waals surface area contributed by atoms with Gasteiger partial charge in [-0.15, -0.1) is 0 Å². The Morgan fingerprint density at radius 3 is 2.57 bits per heavy atom. The number of pyridine rings is 1. The molecule has 0 bridgehead atoms. The summed E-state index contributed by atoms with van der Waals surface area (Å²) >= 11 is 0. The number of hydrogen-bond acceptors (Lipinski definition) is 3. The van der Waals surface area contributed by atoms with Crippen LogP contribution in [0, 0.1) is 5.82 Å². The van der Waals surface area contributed by atoms with E-state index in [1.165, 1.54) is 12.3 Å². The zero-order valence-corrected chi connectivity index (χ0v) is 12.3. The maximum Gasteiger partial charge on any atom is 0.253 e. The van der Waals surface area contributed by atoms with Crippen molar-refractivity contribution in [3.63, 3.8) is 0 Å². The van der Waals surface area contributed by atoms with Crippen molar-refractivity contribution in [3.05, 3.63) is 54.1 Å². The van der Waals surface area contributed by atoms with Gasteiger partial charge in [0.15, 0.2) is 0 Å². The van der Waals surface area contributed by atoms with Gasteiger partial charge in [0, 0.05) is 11.7 Å². The van der Waals surface area contributed by atoms with Gasteiger partial charge in [0.05, 0.1) is 23.1 Å². The second-order valence-electron chi connectivity index (χ2n) is 5.77. The van der Waals surface area contributed by atoms with Crippen molar-refractivity contribution < 1.29 is 9.18 Å². The lowest BCUT2D eigenvalue weighted by Crippen LogP contribution is -2.40. The molecule has 1 aromatic carbocycles. The monoisotopic (exact) mass is 287 g/mol. The van der Waals surface area contributed by atoms with Crippen molar-refractivity contribution in [2.45, 2.75) is 26.3 Å². The molecule has 0 saturated carbocycles. The molecule has 2 rings (SSSR count). The molecule has 0 fully saturated rings. The zero-order chi connectivity index (χ0) is 15.5. The number of rotatable bonds is 3. The van der Waals surface area contributed by atoms with Crippen LogP contribution in [0.3, 0.4) is 0 Å². The highest BCUT2D eigenvalue weighted by molar-refractivity contribution is 5.95. The summed E-state index contributed by atoms with van der Waals surface area (Å²) in [4.78, 5) is 16.1. The number of hydrogen-bond donors (Lipinski definition) is 2. The predicted octanol–water partition coefficient (Wildman–Crippen LogP) is 3.49. The number of halogens is 1. The fourth-order valence-corrected chi connectivity index (χ4v) is 1.76. The van der Waals surface area contributed by atoms with Crippen LogP contribution in [0.25, 0.3) is 0 Å². The van der Waals surface area contributed by atoms with Gasteiger partial charge < -0.3 is 10.6 Å². The van der Waals surface area contributed by atoms with E-state index in [4.69, 9.17) is 0 Å². The van der Waals surface area contributed by atoms with Crippen molar-refractivity contribution in [2.75, 3.05) is 5.32 Å². The summed E-state index contributed by atoms with van der Waals surface area (Å²) in [7, 11) is 0. The van der Waals surface area contributed by atoms with Crippen molar-refractivity contribution in [1.29, 1.82) is 0 Å². The Hall–Kier alpha value is -2.43. The Balaban J connectivity index is 2.18. The number of aromatic nitrogens is 1. The molecule has 0 unspecified atom stereocenters. The van der Waals surface area contributed by atoms with E-state index in [0.29, 0.717) is 16.9 Å². The molecule has 1 aromatic heterocycles. The van der Waals surface area contributed by atoms with E-state index in [1.807, 2.05) is 20.8 Å². The van der Waals surface area contributed by atoms with Gasteiger partial charge in [-0.25, -0.2) is 4.39 Å². The smallest absolute Gasteiger partial charge is 0.253 e. The Bertz CT molecular complexity index is 650. The van der Waals surface area contributed by atoms with E-state index >= 15 is 0 Å². The van der Waals surface area contributed by atoms with Gasteiger partial charge in [-0.1, -0.05) is 12.1 Å². The van der Waals surface area contributed by atoms with Gasteiger partial charge in [0.2, 0.25) is 0 Å². The standard InChI is InChI=1S/C16H18FN3O/c1-16(2,3)20-15(21)11-8-12(10-18-9-11)19-14-7-5-4-6-13(14)17/h4-10,19H,1-3H3,(H,20,21). The second kappa shape index (κ2) is 5.91. The topological polar surface area (TPSA) is 54.0 Å². The summed E-state index contributed by atoms with van der Waals surface area (Å²) in [5.41, 5.74) is 0.993. The molecule has 0 aliphatic carbocycles. The lowest BCUT2D eigenvalue weighted by molar-refractivity contribution is 0.0919. The number of benzene rings is 1. The average molecular weight is 287 g/mol. The van der Waals surface area contributed by atoms with Gasteiger partial charge in [-0.3, -0.25) is 9.78 Å². The second-order valence-corrected chi connectivity index (χ2v) is 5.77. The van der Waals surface area contributed by atoms with E-state index in [-0.39, 0.29) is 17.3 Å². The van der Waals surface area contributed by atoms with Crippen LogP contribution in [0.15, 0.2) is 42.7 Å². The molecular formula is C16H18FN3O. The molecular weight excluding hydrogens is 269 g/mol. The van der Waals surface area contributed by atoms with E-state index < -0.39 is 0 Å². The Labute approximate surface area is 123 Å². The zero-order valence-electron chi connectivity index (χ0n) is 12.3. The van der Waals surface area contributed by atoms with E-state index in [1.54, 1.807) is 30.5 Å². The molecule has 4 nitrogen and oxygen atoms in total. The first-order valence-corrected chi connectivity index (χ1v) is 6.64. The highest BCUT2D eigenvalue weighted by atomic mass is 19.1. The van der Waals surface area contributed by atoms with Gasteiger partial charge in [-0.2, -0.15) is 0 Å². The molecule has 0 aliphatic rings. The summed E-state index contributed by atoms with van der Waals surface area (Å²) in [5.74, 6) is -0.575. The van der Waals surface area contributed by atoms with E-state index in [9.17, 15) is 9.18 Å².